The zero-order valence-corrected chi connectivity index (χ0v) is 18.9. The van der Waals surface area contributed by atoms with E-state index in [1.165, 1.54) is 96.3 Å². The summed E-state index contributed by atoms with van der Waals surface area (Å²) < 4.78 is 5.56. The molecule has 0 aliphatic heterocycles. The first-order chi connectivity index (χ1) is 13.6. The molecule has 0 saturated heterocycles. The van der Waals surface area contributed by atoms with E-state index in [1.54, 1.807) is 6.92 Å². The van der Waals surface area contributed by atoms with Crippen LogP contribution < -0.4 is 0 Å². The van der Waals surface area contributed by atoms with Crippen molar-refractivity contribution in [3.63, 3.8) is 0 Å². The topological polar surface area (TPSA) is 26.3 Å². The fourth-order valence-electron chi connectivity index (χ4n) is 5.45. The summed E-state index contributed by atoms with van der Waals surface area (Å²) in [4.78, 5) is 11.7. The molecule has 2 heteroatoms. The van der Waals surface area contributed by atoms with Crippen LogP contribution in [-0.2, 0) is 9.53 Å². The van der Waals surface area contributed by atoms with Crippen molar-refractivity contribution >= 4 is 5.97 Å². The monoisotopic (exact) mass is 390 g/mol. The third kappa shape index (κ3) is 8.70. The van der Waals surface area contributed by atoms with Gasteiger partial charge in [-0.25, -0.2) is 4.79 Å². The molecule has 0 amide bonds. The maximum absolute atomic E-state index is 11.7. The van der Waals surface area contributed by atoms with Crippen molar-refractivity contribution in [2.45, 2.75) is 129 Å². The highest BCUT2D eigenvalue weighted by molar-refractivity contribution is 5.87. The minimum Gasteiger partial charge on any atom is -0.459 e. The van der Waals surface area contributed by atoms with Gasteiger partial charge in [0.15, 0.2) is 0 Å². The molecular formula is C26H46O2. The maximum atomic E-state index is 11.7. The van der Waals surface area contributed by atoms with E-state index < -0.39 is 0 Å². The van der Waals surface area contributed by atoms with Gasteiger partial charge in [-0.15, -0.1) is 0 Å². The number of carbonyl (C=O) groups is 1. The summed E-state index contributed by atoms with van der Waals surface area (Å²) in [5.41, 5.74) is 0.525. The largest absolute Gasteiger partial charge is 0.459 e. The molecule has 28 heavy (non-hydrogen) atoms. The highest BCUT2D eigenvalue weighted by Crippen LogP contribution is 2.41. The molecule has 0 aromatic rings. The summed E-state index contributed by atoms with van der Waals surface area (Å²) in [7, 11) is 0. The SMILES string of the molecule is C=C(C)C(=O)OC1CCC(C2CCC(CCCCCCCCCC)CC2)CC1. The number of hydrogen-bond acceptors (Lipinski definition) is 2. The lowest BCUT2D eigenvalue weighted by Gasteiger charge is -2.37. The normalized spacial score (nSPS) is 28.1. The van der Waals surface area contributed by atoms with E-state index >= 15 is 0 Å². The lowest BCUT2D eigenvalue weighted by molar-refractivity contribution is -0.146. The van der Waals surface area contributed by atoms with Gasteiger partial charge in [0.2, 0.25) is 0 Å². The summed E-state index contributed by atoms with van der Waals surface area (Å²) in [5.74, 6) is 2.62. The lowest BCUT2D eigenvalue weighted by Crippen LogP contribution is -2.29. The Balaban J connectivity index is 1.51. The highest BCUT2D eigenvalue weighted by atomic mass is 16.5. The molecule has 2 aliphatic carbocycles. The lowest BCUT2D eigenvalue weighted by atomic mass is 9.70. The third-order valence-corrected chi connectivity index (χ3v) is 7.37. The minimum absolute atomic E-state index is 0.138. The molecular weight excluding hydrogens is 344 g/mol. The summed E-state index contributed by atoms with van der Waals surface area (Å²) >= 11 is 0. The second kappa shape index (κ2) is 13.4. The molecule has 2 rings (SSSR count). The van der Waals surface area contributed by atoms with E-state index in [-0.39, 0.29) is 12.1 Å². The summed E-state index contributed by atoms with van der Waals surface area (Å²) in [6.07, 6.45) is 23.6. The van der Waals surface area contributed by atoms with Crippen LogP contribution >= 0.6 is 0 Å². The molecule has 0 N–H and O–H groups in total. The number of hydrogen-bond donors (Lipinski definition) is 0. The molecule has 2 aliphatic rings. The average Bonchev–Trinajstić information content (AvgIpc) is 2.71. The quantitative estimate of drug-likeness (QED) is 0.192. The molecule has 0 bridgehead atoms. The maximum Gasteiger partial charge on any atom is 0.333 e. The smallest absolute Gasteiger partial charge is 0.333 e. The number of esters is 1. The summed E-state index contributed by atoms with van der Waals surface area (Å²) in [6.45, 7) is 7.72. The van der Waals surface area contributed by atoms with Crippen molar-refractivity contribution in [3.05, 3.63) is 12.2 Å². The van der Waals surface area contributed by atoms with Crippen LogP contribution in [0.4, 0.5) is 0 Å². The van der Waals surface area contributed by atoms with Crippen LogP contribution in [0.3, 0.4) is 0 Å². The van der Waals surface area contributed by atoms with Gasteiger partial charge < -0.3 is 4.74 Å². The van der Waals surface area contributed by atoms with Crippen molar-refractivity contribution < 1.29 is 9.53 Å². The van der Waals surface area contributed by atoms with E-state index in [0.717, 1.165) is 30.6 Å². The fraction of sp³-hybridized carbons (Fsp3) is 0.885. The Bertz CT molecular complexity index is 439. The zero-order chi connectivity index (χ0) is 20.2. The van der Waals surface area contributed by atoms with Crippen LogP contribution in [0.2, 0.25) is 0 Å². The van der Waals surface area contributed by atoms with Gasteiger partial charge in [-0.05, 0) is 63.2 Å². The Kier molecular flexibility index (Phi) is 11.3. The predicted octanol–water partition coefficient (Wildman–Crippen LogP) is 8.00. The van der Waals surface area contributed by atoms with E-state index in [2.05, 4.69) is 13.5 Å². The van der Waals surface area contributed by atoms with E-state index in [4.69, 9.17) is 4.74 Å². The van der Waals surface area contributed by atoms with Crippen LogP contribution in [0.1, 0.15) is 123 Å². The van der Waals surface area contributed by atoms with Crippen LogP contribution in [0.25, 0.3) is 0 Å². The number of ether oxygens (including phenoxy) is 1. The van der Waals surface area contributed by atoms with Gasteiger partial charge in [0, 0.05) is 5.57 Å². The van der Waals surface area contributed by atoms with Crippen LogP contribution in [0.15, 0.2) is 12.2 Å². The Morgan fingerprint density at radius 2 is 1.29 bits per heavy atom. The van der Waals surface area contributed by atoms with Gasteiger partial charge in [0.05, 0.1) is 0 Å². The molecule has 0 heterocycles. The summed E-state index contributed by atoms with van der Waals surface area (Å²) in [5, 5.41) is 0. The van der Waals surface area contributed by atoms with Crippen LogP contribution in [0.5, 0.6) is 0 Å². The molecule has 162 valence electrons. The van der Waals surface area contributed by atoms with Crippen molar-refractivity contribution in [1.29, 1.82) is 0 Å². The molecule has 0 spiro atoms. The molecule has 0 aromatic carbocycles. The average molecular weight is 391 g/mol. The fourth-order valence-corrected chi connectivity index (χ4v) is 5.45. The first-order valence-corrected chi connectivity index (χ1v) is 12.5. The van der Waals surface area contributed by atoms with Gasteiger partial charge in [-0.1, -0.05) is 84.1 Å². The Labute approximate surface area is 174 Å². The molecule has 2 nitrogen and oxygen atoms in total. The Morgan fingerprint density at radius 3 is 1.82 bits per heavy atom. The second-order valence-corrected chi connectivity index (χ2v) is 9.77. The molecule has 0 unspecified atom stereocenters. The van der Waals surface area contributed by atoms with E-state index in [0.29, 0.717) is 5.57 Å². The van der Waals surface area contributed by atoms with Gasteiger partial charge in [-0.3, -0.25) is 0 Å². The molecule has 2 saturated carbocycles. The zero-order valence-electron chi connectivity index (χ0n) is 18.9. The Morgan fingerprint density at radius 1 is 0.786 bits per heavy atom. The van der Waals surface area contributed by atoms with E-state index in [1.807, 2.05) is 0 Å². The van der Waals surface area contributed by atoms with Crippen molar-refractivity contribution in [1.82, 2.24) is 0 Å². The highest BCUT2D eigenvalue weighted by Gasteiger charge is 2.31. The van der Waals surface area contributed by atoms with Crippen LogP contribution in [-0.4, -0.2) is 12.1 Å². The Hall–Kier alpha value is -0.790. The second-order valence-electron chi connectivity index (χ2n) is 9.77. The first-order valence-electron chi connectivity index (χ1n) is 12.5. The first kappa shape index (κ1) is 23.5. The van der Waals surface area contributed by atoms with Crippen molar-refractivity contribution in [3.8, 4) is 0 Å². The van der Waals surface area contributed by atoms with Crippen molar-refractivity contribution in [2.75, 3.05) is 0 Å². The molecule has 0 atom stereocenters. The van der Waals surface area contributed by atoms with E-state index in [9.17, 15) is 4.79 Å². The number of rotatable bonds is 12. The van der Waals surface area contributed by atoms with Gasteiger partial charge in [-0.2, -0.15) is 0 Å². The molecule has 2 fully saturated rings. The van der Waals surface area contributed by atoms with Gasteiger partial charge >= 0.3 is 5.97 Å². The molecule has 0 radical (unpaired) electrons. The van der Waals surface area contributed by atoms with Gasteiger partial charge in [0.25, 0.3) is 0 Å². The van der Waals surface area contributed by atoms with Gasteiger partial charge in [0.1, 0.15) is 6.10 Å². The minimum atomic E-state index is -0.204. The number of carbonyl (C=O) groups excluding carboxylic acids is 1. The number of unbranched alkanes of at least 4 members (excludes halogenated alkanes) is 7. The summed E-state index contributed by atoms with van der Waals surface area (Å²) in [6, 6.07) is 0. The molecule has 0 aromatic heterocycles. The van der Waals surface area contributed by atoms with Crippen LogP contribution in [0, 0.1) is 17.8 Å². The standard InChI is InChI=1S/C26H46O2/c1-4-5-6-7-8-9-10-11-12-22-13-15-23(16-14-22)24-17-19-25(20-18-24)28-26(27)21(2)3/h22-25H,2,4-20H2,1,3H3. The predicted molar refractivity (Wildman–Crippen MR) is 119 cm³/mol. The van der Waals surface area contributed by atoms with Crippen molar-refractivity contribution in [2.24, 2.45) is 17.8 Å². The third-order valence-electron chi connectivity index (χ3n) is 7.37.